The smallest absolute Gasteiger partial charge is 0.278 e. The fourth-order valence-electron chi connectivity index (χ4n) is 1.45. The second-order valence-corrected chi connectivity index (χ2v) is 3.71. The third-order valence-electron chi connectivity index (χ3n) is 2.38. The summed E-state index contributed by atoms with van der Waals surface area (Å²) in [5, 5.41) is 13.4. The van der Waals surface area contributed by atoms with Gasteiger partial charge in [0.25, 0.3) is 5.69 Å². The molecule has 0 aliphatic heterocycles. The van der Waals surface area contributed by atoms with Gasteiger partial charge in [0.15, 0.2) is 11.6 Å². The van der Waals surface area contributed by atoms with Gasteiger partial charge in [0.1, 0.15) is 5.82 Å². The number of ether oxygens (including phenoxy) is 1. The van der Waals surface area contributed by atoms with Crippen LogP contribution in [0, 0.1) is 21.7 Å². The third kappa shape index (κ3) is 2.79. The summed E-state index contributed by atoms with van der Waals surface area (Å²) in [5.74, 6) is -2.72. The average Bonchev–Trinajstić information content (AvgIpc) is 2.43. The van der Waals surface area contributed by atoms with Crippen molar-refractivity contribution in [2.75, 3.05) is 12.4 Å². The van der Waals surface area contributed by atoms with E-state index in [1.165, 1.54) is 25.2 Å². The van der Waals surface area contributed by atoms with Crippen LogP contribution in [0.15, 0.2) is 30.3 Å². The molecule has 0 fully saturated rings. The molecule has 2 rings (SSSR count). The fraction of sp³-hybridized carbons (Fsp3) is 0.0833. The van der Waals surface area contributed by atoms with E-state index >= 15 is 0 Å². The lowest BCUT2D eigenvalue weighted by Crippen LogP contribution is -1.99. The topological polar surface area (TPSA) is 77.3 Å². The van der Waals surface area contributed by atoms with Crippen LogP contribution in [0.4, 0.5) is 20.3 Å². The van der Waals surface area contributed by atoms with Gasteiger partial charge in [-0.05, 0) is 12.1 Å². The van der Waals surface area contributed by atoms with Crippen LogP contribution in [0.2, 0.25) is 0 Å². The minimum atomic E-state index is -1.19. The molecule has 1 aromatic heterocycles. The van der Waals surface area contributed by atoms with E-state index in [2.05, 4.69) is 10.3 Å². The van der Waals surface area contributed by atoms with Crippen LogP contribution >= 0.6 is 0 Å². The van der Waals surface area contributed by atoms with Crippen molar-refractivity contribution in [2.45, 2.75) is 0 Å². The maximum Gasteiger partial charge on any atom is 0.278 e. The molecule has 0 aliphatic carbocycles. The molecule has 0 unspecified atom stereocenters. The number of pyridine rings is 1. The zero-order valence-electron chi connectivity index (χ0n) is 10.3. The first-order valence-electron chi connectivity index (χ1n) is 5.47. The SMILES string of the molecule is CNc1cc([N+](=O)[O-])cc(Oc2cccc(F)c2F)n1. The zero-order chi connectivity index (χ0) is 14.7. The van der Waals surface area contributed by atoms with E-state index < -0.39 is 22.3 Å². The van der Waals surface area contributed by atoms with Crippen molar-refractivity contribution in [3.8, 4) is 11.6 Å². The average molecular weight is 281 g/mol. The number of halogens is 2. The maximum atomic E-state index is 13.5. The van der Waals surface area contributed by atoms with E-state index in [4.69, 9.17) is 4.74 Å². The quantitative estimate of drug-likeness (QED) is 0.688. The number of nitrogens with zero attached hydrogens (tertiary/aromatic N) is 2. The van der Waals surface area contributed by atoms with E-state index in [-0.39, 0.29) is 17.4 Å². The molecular weight excluding hydrogens is 272 g/mol. The lowest BCUT2D eigenvalue weighted by Gasteiger charge is -2.07. The van der Waals surface area contributed by atoms with Crippen LogP contribution in [-0.4, -0.2) is 17.0 Å². The third-order valence-corrected chi connectivity index (χ3v) is 2.38. The largest absolute Gasteiger partial charge is 0.435 e. The van der Waals surface area contributed by atoms with E-state index in [0.717, 1.165) is 12.1 Å². The van der Waals surface area contributed by atoms with Gasteiger partial charge in [-0.15, -0.1) is 0 Å². The highest BCUT2D eigenvalue weighted by Crippen LogP contribution is 2.28. The van der Waals surface area contributed by atoms with Gasteiger partial charge in [-0.25, -0.2) is 4.39 Å². The molecule has 20 heavy (non-hydrogen) atoms. The molecule has 0 bridgehead atoms. The van der Waals surface area contributed by atoms with Crippen LogP contribution < -0.4 is 10.1 Å². The predicted molar refractivity (Wildman–Crippen MR) is 66.9 cm³/mol. The number of nitro groups is 1. The summed E-state index contributed by atoms with van der Waals surface area (Å²) in [4.78, 5) is 14.0. The molecule has 104 valence electrons. The van der Waals surface area contributed by atoms with Gasteiger partial charge >= 0.3 is 0 Å². The van der Waals surface area contributed by atoms with Gasteiger partial charge in [0.05, 0.1) is 17.1 Å². The Morgan fingerprint density at radius 2 is 2.10 bits per heavy atom. The van der Waals surface area contributed by atoms with Gasteiger partial charge in [0, 0.05) is 7.05 Å². The summed E-state index contributed by atoms with van der Waals surface area (Å²) >= 11 is 0. The second-order valence-electron chi connectivity index (χ2n) is 3.71. The Kier molecular flexibility index (Phi) is 3.74. The first-order chi connectivity index (χ1) is 9.51. The Hall–Kier alpha value is -2.77. The number of benzene rings is 1. The molecule has 0 radical (unpaired) electrons. The Morgan fingerprint density at radius 3 is 2.75 bits per heavy atom. The number of rotatable bonds is 4. The van der Waals surface area contributed by atoms with Gasteiger partial charge < -0.3 is 10.1 Å². The van der Waals surface area contributed by atoms with Gasteiger partial charge in [-0.1, -0.05) is 6.07 Å². The number of nitrogens with one attached hydrogen (secondary N) is 1. The highest BCUT2D eigenvalue weighted by molar-refractivity contribution is 5.48. The normalized spacial score (nSPS) is 10.2. The fourth-order valence-corrected chi connectivity index (χ4v) is 1.45. The van der Waals surface area contributed by atoms with Crippen molar-refractivity contribution in [3.63, 3.8) is 0 Å². The van der Waals surface area contributed by atoms with Gasteiger partial charge in [-0.2, -0.15) is 9.37 Å². The first-order valence-corrected chi connectivity index (χ1v) is 5.47. The molecule has 1 aromatic carbocycles. The Morgan fingerprint density at radius 1 is 1.35 bits per heavy atom. The van der Waals surface area contributed by atoms with Crippen molar-refractivity contribution in [3.05, 3.63) is 52.1 Å². The van der Waals surface area contributed by atoms with Crippen molar-refractivity contribution >= 4 is 11.5 Å². The van der Waals surface area contributed by atoms with E-state index in [0.29, 0.717) is 0 Å². The minimum Gasteiger partial charge on any atom is -0.435 e. The molecule has 0 atom stereocenters. The van der Waals surface area contributed by atoms with Gasteiger partial charge in [0.2, 0.25) is 11.7 Å². The summed E-state index contributed by atoms with van der Waals surface area (Å²) in [6.07, 6.45) is 0. The standard InChI is InChI=1S/C12H9F2N3O3/c1-15-10-5-7(17(18)19)6-11(16-10)20-9-4-2-3-8(13)12(9)14/h2-6H,1H3,(H,15,16). The zero-order valence-corrected chi connectivity index (χ0v) is 10.3. The van der Waals surface area contributed by atoms with E-state index in [9.17, 15) is 18.9 Å². The molecule has 0 saturated heterocycles. The van der Waals surface area contributed by atoms with Crippen LogP contribution in [0.3, 0.4) is 0 Å². The number of aromatic nitrogens is 1. The molecule has 1 heterocycles. The van der Waals surface area contributed by atoms with Crippen LogP contribution in [-0.2, 0) is 0 Å². The second kappa shape index (κ2) is 5.47. The predicted octanol–water partition coefficient (Wildman–Crippen LogP) is 3.10. The molecule has 0 spiro atoms. The molecule has 0 aliphatic rings. The molecule has 0 saturated carbocycles. The summed E-state index contributed by atoms with van der Waals surface area (Å²) < 4.78 is 31.5. The lowest BCUT2D eigenvalue weighted by molar-refractivity contribution is -0.384. The van der Waals surface area contributed by atoms with Crippen molar-refractivity contribution < 1.29 is 18.4 Å². The summed E-state index contributed by atoms with van der Waals surface area (Å²) in [6, 6.07) is 5.59. The summed E-state index contributed by atoms with van der Waals surface area (Å²) in [7, 11) is 1.51. The molecule has 0 amide bonds. The van der Waals surface area contributed by atoms with E-state index in [1.807, 2.05) is 0 Å². The highest BCUT2D eigenvalue weighted by Gasteiger charge is 2.15. The number of hydrogen-bond donors (Lipinski definition) is 1. The summed E-state index contributed by atoms with van der Waals surface area (Å²) in [6.45, 7) is 0. The van der Waals surface area contributed by atoms with Crippen LogP contribution in [0.1, 0.15) is 0 Å². The molecule has 2 aromatic rings. The van der Waals surface area contributed by atoms with Gasteiger partial charge in [-0.3, -0.25) is 10.1 Å². The highest BCUT2D eigenvalue weighted by atomic mass is 19.2. The van der Waals surface area contributed by atoms with Crippen LogP contribution in [0.25, 0.3) is 0 Å². The maximum absolute atomic E-state index is 13.5. The Balaban J connectivity index is 2.40. The molecule has 6 nitrogen and oxygen atoms in total. The van der Waals surface area contributed by atoms with Crippen molar-refractivity contribution in [2.24, 2.45) is 0 Å². The Labute approximate surface area is 112 Å². The Bertz CT molecular complexity index is 664. The minimum absolute atomic E-state index is 0.172. The van der Waals surface area contributed by atoms with Crippen molar-refractivity contribution in [1.29, 1.82) is 0 Å². The van der Waals surface area contributed by atoms with Crippen molar-refractivity contribution in [1.82, 2.24) is 4.98 Å². The summed E-state index contributed by atoms with van der Waals surface area (Å²) in [5.41, 5.74) is -0.281. The monoisotopic (exact) mass is 281 g/mol. The molecular formula is C12H9F2N3O3. The molecule has 8 heteroatoms. The first kappa shape index (κ1) is 13.7. The molecule has 1 N–H and O–H groups in total. The number of hydrogen-bond acceptors (Lipinski definition) is 5. The van der Waals surface area contributed by atoms with E-state index in [1.54, 1.807) is 0 Å². The number of anilines is 1. The lowest BCUT2D eigenvalue weighted by atomic mass is 10.3. The van der Waals surface area contributed by atoms with Crippen LogP contribution in [0.5, 0.6) is 11.6 Å².